The van der Waals surface area contributed by atoms with E-state index >= 15 is 0 Å². The van der Waals surface area contributed by atoms with E-state index in [1.165, 1.54) is 11.3 Å². The van der Waals surface area contributed by atoms with Gasteiger partial charge >= 0.3 is 5.97 Å². The number of aromatic nitrogens is 1. The van der Waals surface area contributed by atoms with Gasteiger partial charge in [-0.2, -0.15) is 0 Å². The Balaban J connectivity index is 1.57. The molecule has 1 aliphatic rings. The highest BCUT2D eigenvalue weighted by Crippen LogP contribution is 2.22. The third kappa shape index (κ3) is 5.77. The quantitative estimate of drug-likeness (QED) is 0.702. The van der Waals surface area contributed by atoms with E-state index in [0.717, 1.165) is 12.0 Å². The van der Waals surface area contributed by atoms with E-state index in [2.05, 4.69) is 10.3 Å². The zero-order chi connectivity index (χ0) is 20.8. The van der Waals surface area contributed by atoms with Crippen LogP contribution in [0.2, 0.25) is 5.02 Å². The Kier molecular flexibility index (Phi) is 7.22. The number of carbonyl (C=O) groups excluding carboxylic acids is 3. The van der Waals surface area contributed by atoms with Crippen LogP contribution in [0.25, 0.3) is 0 Å². The van der Waals surface area contributed by atoms with Gasteiger partial charge in [-0.3, -0.25) is 14.4 Å². The highest BCUT2D eigenvalue weighted by atomic mass is 35.5. The summed E-state index contributed by atoms with van der Waals surface area (Å²) in [5.74, 6) is -1.03. The molecule has 1 atom stereocenters. The Morgan fingerprint density at radius 1 is 1.31 bits per heavy atom. The summed E-state index contributed by atoms with van der Waals surface area (Å²) < 4.78 is 5.07. The number of likely N-dealkylation sites (tertiary alicyclic amines) is 1. The molecule has 2 aromatic rings. The molecule has 1 aromatic heterocycles. The summed E-state index contributed by atoms with van der Waals surface area (Å²) in [5, 5.41) is 5.32. The fourth-order valence-corrected chi connectivity index (χ4v) is 3.98. The first kappa shape index (κ1) is 21.3. The maximum absolute atomic E-state index is 12.7. The molecule has 0 saturated carbocycles. The van der Waals surface area contributed by atoms with Gasteiger partial charge in [0.15, 0.2) is 5.13 Å². The summed E-state index contributed by atoms with van der Waals surface area (Å²) in [5.41, 5.74) is 1.10. The molecule has 1 saturated heterocycles. The summed E-state index contributed by atoms with van der Waals surface area (Å²) in [4.78, 5) is 42.8. The van der Waals surface area contributed by atoms with Crippen LogP contribution in [-0.2, 0) is 20.7 Å². The molecule has 2 amide bonds. The van der Waals surface area contributed by atoms with E-state index in [1.807, 2.05) is 0 Å². The lowest BCUT2D eigenvalue weighted by Gasteiger charge is -2.31. The van der Waals surface area contributed by atoms with Crippen LogP contribution in [0.5, 0.6) is 0 Å². The van der Waals surface area contributed by atoms with Crippen molar-refractivity contribution in [1.29, 1.82) is 0 Å². The molecule has 1 aliphatic heterocycles. The van der Waals surface area contributed by atoms with Crippen LogP contribution in [0.3, 0.4) is 0 Å². The van der Waals surface area contributed by atoms with Gasteiger partial charge in [0.05, 0.1) is 18.9 Å². The van der Waals surface area contributed by atoms with Crippen molar-refractivity contribution in [2.24, 2.45) is 5.92 Å². The minimum atomic E-state index is -0.301. The van der Waals surface area contributed by atoms with Gasteiger partial charge in [-0.25, -0.2) is 4.98 Å². The largest absolute Gasteiger partial charge is 0.466 e. The predicted molar refractivity (Wildman–Crippen MR) is 111 cm³/mol. The Morgan fingerprint density at radius 3 is 2.79 bits per heavy atom. The van der Waals surface area contributed by atoms with Crippen LogP contribution >= 0.6 is 22.9 Å². The fraction of sp³-hybridized carbons (Fsp3) is 0.400. The highest BCUT2D eigenvalue weighted by Gasteiger charge is 2.30. The number of hydrogen-bond donors (Lipinski definition) is 1. The number of benzene rings is 1. The van der Waals surface area contributed by atoms with Crippen LogP contribution in [-0.4, -0.2) is 47.4 Å². The number of piperidine rings is 1. The van der Waals surface area contributed by atoms with Crippen molar-refractivity contribution in [2.45, 2.75) is 26.2 Å². The first-order chi connectivity index (χ1) is 14.0. The number of halogens is 1. The maximum Gasteiger partial charge on any atom is 0.310 e. The van der Waals surface area contributed by atoms with Crippen molar-refractivity contribution in [3.8, 4) is 0 Å². The van der Waals surface area contributed by atoms with Gasteiger partial charge in [0.1, 0.15) is 5.69 Å². The lowest BCUT2D eigenvalue weighted by Crippen LogP contribution is -2.43. The zero-order valence-electron chi connectivity index (χ0n) is 16.0. The average Bonchev–Trinajstić information content (AvgIpc) is 3.17. The first-order valence-corrected chi connectivity index (χ1v) is 10.7. The maximum atomic E-state index is 12.7. The van der Waals surface area contributed by atoms with Crippen molar-refractivity contribution in [2.75, 3.05) is 25.0 Å². The van der Waals surface area contributed by atoms with Gasteiger partial charge in [0, 0.05) is 23.5 Å². The number of nitrogens with zero attached hydrogens (tertiary/aromatic N) is 2. The van der Waals surface area contributed by atoms with Gasteiger partial charge in [-0.1, -0.05) is 23.7 Å². The first-order valence-electron chi connectivity index (χ1n) is 9.42. The van der Waals surface area contributed by atoms with Crippen LogP contribution < -0.4 is 5.32 Å². The molecule has 1 unspecified atom stereocenters. The van der Waals surface area contributed by atoms with E-state index in [4.69, 9.17) is 16.3 Å². The van der Waals surface area contributed by atoms with E-state index in [0.29, 0.717) is 36.3 Å². The van der Waals surface area contributed by atoms with Gasteiger partial charge in [0.2, 0.25) is 5.91 Å². The Labute approximate surface area is 178 Å². The standard InChI is InChI=1S/C20H22ClN3O4S/c1-2-28-19(27)14-4-3-9-24(11-14)18(26)16-12-29-20(22-16)23-17(25)10-13-5-7-15(21)8-6-13/h5-8,12,14H,2-4,9-11H2,1H3,(H,22,23,25). The number of hydrogen-bond acceptors (Lipinski definition) is 6. The van der Waals surface area contributed by atoms with Crippen LogP contribution in [0.1, 0.15) is 35.8 Å². The molecule has 9 heteroatoms. The second-order valence-corrected chi connectivity index (χ2v) is 8.03. The van der Waals surface area contributed by atoms with Gasteiger partial charge < -0.3 is 15.0 Å². The fourth-order valence-electron chi connectivity index (χ4n) is 3.16. The van der Waals surface area contributed by atoms with Gasteiger partial charge in [-0.15, -0.1) is 11.3 Å². The van der Waals surface area contributed by atoms with E-state index in [1.54, 1.807) is 41.5 Å². The number of amides is 2. The number of rotatable bonds is 6. The molecule has 0 aliphatic carbocycles. The molecule has 1 N–H and O–H groups in total. The van der Waals surface area contributed by atoms with E-state index < -0.39 is 0 Å². The lowest BCUT2D eigenvalue weighted by molar-refractivity contribution is -0.149. The molecule has 29 heavy (non-hydrogen) atoms. The summed E-state index contributed by atoms with van der Waals surface area (Å²) in [6.45, 7) is 2.99. The second-order valence-electron chi connectivity index (χ2n) is 6.73. The number of carbonyl (C=O) groups is 3. The lowest BCUT2D eigenvalue weighted by atomic mass is 9.98. The van der Waals surface area contributed by atoms with Crippen molar-refractivity contribution in [1.82, 2.24) is 9.88 Å². The van der Waals surface area contributed by atoms with Crippen molar-refractivity contribution in [3.05, 3.63) is 45.9 Å². The molecule has 2 heterocycles. The molecular weight excluding hydrogens is 414 g/mol. The summed E-state index contributed by atoms with van der Waals surface area (Å²) in [7, 11) is 0. The number of thiazole rings is 1. The molecule has 0 radical (unpaired) electrons. The molecule has 1 aromatic carbocycles. The smallest absolute Gasteiger partial charge is 0.310 e. The number of anilines is 1. The third-order valence-electron chi connectivity index (χ3n) is 4.58. The molecule has 154 valence electrons. The molecule has 3 rings (SSSR count). The molecule has 1 fully saturated rings. The minimum absolute atomic E-state index is 0.188. The van der Waals surface area contributed by atoms with Gasteiger partial charge in [-0.05, 0) is 37.5 Å². The average molecular weight is 436 g/mol. The number of nitrogens with one attached hydrogen (secondary N) is 1. The monoisotopic (exact) mass is 435 g/mol. The van der Waals surface area contributed by atoms with Crippen molar-refractivity contribution in [3.63, 3.8) is 0 Å². The summed E-state index contributed by atoms with van der Waals surface area (Å²) >= 11 is 7.04. The minimum Gasteiger partial charge on any atom is -0.466 e. The summed E-state index contributed by atoms with van der Waals surface area (Å²) in [6, 6.07) is 7.03. The van der Waals surface area contributed by atoms with Crippen LogP contribution in [0.15, 0.2) is 29.6 Å². The molecular formula is C20H22ClN3O4S. The van der Waals surface area contributed by atoms with E-state index in [-0.39, 0.29) is 35.8 Å². The SMILES string of the molecule is CCOC(=O)C1CCCN(C(=O)c2csc(NC(=O)Cc3ccc(Cl)cc3)n2)C1. The summed E-state index contributed by atoms with van der Waals surface area (Å²) in [6.07, 6.45) is 1.64. The Morgan fingerprint density at radius 2 is 2.07 bits per heavy atom. The van der Waals surface area contributed by atoms with Crippen molar-refractivity contribution >= 4 is 45.9 Å². The highest BCUT2D eigenvalue weighted by molar-refractivity contribution is 7.14. The van der Waals surface area contributed by atoms with Gasteiger partial charge in [0.25, 0.3) is 5.91 Å². The molecule has 7 nitrogen and oxygen atoms in total. The molecule has 0 bridgehead atoms. The topological polar surface area (TPSA) is 88.6 Å². The number of ether oxygens (including phenoxy) is 1. The molecule has 0 spiro atoms. The van der Waals surface area contributed by atoms with Crippen molar-refractivity contribution < 1.29 is 19.1 Å². The van der Waals surface area contributed by atoms with Crippen LogP contribution in [0, 0.1) is 5.92 Å². The second kappa shape index (κ2) is 9.84. The Bertz CT molecular complexity index is 884. The normalized spacial score (nSPS) is 16.3. The Hall–Kier alpha value is -2.45. The number of esters is 1. The predicted octanol–water partition coefficient (Wildman–Crippen LogP) is 3.39. The third-order valence-corrected chi connectivity index (χ3v) is 5.59. The zero-order valence-corrected chi connectivity index (χ0v) is 17.6. The van der Waals surface area contributed by atoms with E-state index in [9.17, 15) is 14.4 Å². The van der Waals surface area contributed by atoms with Crippen LogP contribution in [0.4, 0.5) is 5.13 Å².